The van der Waals surface area contributed by atoms with Crippen LogP contribution in [0.2, 0.25) is 0 Å². The molecular formula is C53H56F12N4O10. The number of alkyl halides is 12. The average molecular weight is 1140 g/mol. The van der Waals surface area contributed by atoms with E-state index in [0.29, 0.717) is 60.6 Å². The standard InChI is InChI=1S/C31H36F6N2O6.C22H20F6N2O4/c1-28(2,3)44-26(41)10-11-38(27(42)45-29(4,5)6)17-25(40)39-12-9-20-15-23(7-8-24(20)39)43-18-19-13-21(30(32,33)34)16-22(14-19)31(35,36)37;23-21(24,25)15-7-13(8-16(10-15)22(26,27)28)12-34-17-1-2-18-14(9-17)4-6-30(18)19(31)11-29-5-3-20(32)33/h7-8,13-16H,9-12,17-18H2,1-6H3;1-2,7-10,29H,3-6,11-12H2,(H,32,33). The van der Waals surface area contributed by atoms with E-state index in [1.54, 1.807) is 65.8 Å². The highest BCUT2D eigenvalue weighted by Gasteiger charge is 2.39. The topological polar surface area (TPSA) is 164 Å². The zero-order valence-corrected chi connectivity index (χ0v) is 43.4. The molecule has 0 spiro atoms. The van der Waals surface area contributed by atoms with Gasteiger partial charge in [-0.3, -0.25) is 24.1 Å². The molecule has 0 fully saturated rings. The predicted octanol–water partition coefficient (Wildman–Crippen LogP) is 11.4. The van der Waals surface area contributed by atoms with Gasteiger partial charge in [-0.15, -0.1) is 0 Å². The van der Waals surface area contributed by atoms with Crippen LogP contribution in [-0.4, -0.2) is 90.3 Å². The minimum absolute atomic E-state index is 0.0476. The number of rotatable bonds is 16. The Morgan fingerprint density at radius 1 is 0.557 bits per heavy atom. The summed E-state index contributed by atoms with van der Waals surface area (Å²) in [5.74, 6) is -1.84. The summed E-state index contributed by atoms with van der Waals surface area (Å²) in [5, 5.41) is 11.4. The lowest BCUT2D eigenvalue weighted by molar-refractivity contribution is -0.155. The minimum atomic E-state index is -4.98. The van der Waals surface area contributed by atoms with Crippen molar-refractivity contribution in [2.45, 2.75) is 116 Å². The number of hydrogen-bond acceptors (Lipinski definition) is 10. The van der Waals surface area contributed by atoms with Crippen molar-refractivity contribution in [3.63, 3.8) is 0 Å². The van der Waals surface area contributed by atoms with Gasteiger partial charge >= 0.3 is 42.7 Å². The Hall–Kier alpha value is -7.25. The van der Waals surface area contributed by atoms with Crippen molar-refractivity contribution in [2.75, 3.05) is 49.1 Å². The Kier molecular flexibility index (Phi) is 19.7. The second-order valence-corrected chi connectivity index (χ2v) is 20.1. The lowest BCUT2D eigenvalue weighted by Crippen LogP contribution is -2.45. The van der Waals surface area contributed by atoms with Gasteiger partial charge < -0.3 is 39.2 Å². The molecule has 432 valence electrons. The second kappa shape index (κ2) is 24.8. The molecule has 2 aliphatic heterocycles. The van der Waals surface area contributed by atoms with Crippen LogP contribution in [0.3, 0.4) is 0 Å². The molecule has 0 radical (unpaired) electrons. The van der Waals surface area contributed by atoms with Gasteiger partial charge in [0, 0.05) is 37.6 Å². The van der Waals surface area contributed by atoms with Gasteiger partial charge in [0.15, 0.2) is 0 Å². The highest BCUT2D eigenvalue weighted by atomic mass is 19.4. The fraction of sp³-hybridized carbons (Fsp3) is 0.453. The van der Waals surface area contributed by atoms with Crippen molar-refractivity contribution < 1.29 is 101 Å². The SMILES string of the molecule is CC(C)(C)OC(=O)CCN(CC(=O)N1CCc2cc(OCc3cc(C(F)(F)F)cc(C(F)(F)F)c3)ccc21)C(=O)OC(C)(C)C.O=C(O)CCNCC(=O)N1CCc2cc(OCc3cc(C(F)(F)F)cc(C(F)(F)F)c3)ccc21. The highest BCUT2D eigenvalue weighted by Crippen LogP contribution is 2.39. The number of nitrogens with one attached hydrogen (secondary N) is 1. The van der Waals surface area contributed by atoms with E-state index in [4.69, 9.17) is 24.1 Å². The number of esters is 1. The van der Waals surface area contributed by atoms with E-state index < -0.39 is 102 Å². The highest BCUT2D eigenvalue weighted by molar-refractivity contribution is 5.98. The Morgan fingerprint density at radius 3 is 1.34 bits per heavy atom. The molecule has 4 aromatic rings. The Balaban J connectivity index is 0.000000302. The molecule has 0 aliphatic carbocycles. The van der Waals surface area contributed by atoms with Crippen molar-refractivity contribution in [3.05, 3.63) is 117 Å². The van der Waals surface area contributed by atoms with Gasteiger partial charge in [-0.05, 0) is 149 Å². The smallest absolute Gasteiger partial charge is 0.416 e. The van der Waals surface area contributed by atoms with Gasteiger partial charge in [0.25, 0.3) is 0 Å². The largest absolute Gasteiger partial charge is 0.489 e. The molecule has 2 heterocycles. The normalized spacial score (nSPS) is 13.7. The monoisotopic (exact) mass is 1140 g/mol. The fourth-order valence-corrected chi connectivity index (χ4v) is 7.91. The van der Waals surface area contributed by atoms with E-state index in [-0.39, 0.29) is 79.7 Å². The average Bonchev–Trinajstić information content (AvgIpc) is 4.03. The first-order chi connectivity index (χ1) is 36.4. The quantitative estimate of drug-likeness (QED) is 0.0623. The number of aliphatic carboxylic acids is 1. The van der Waals surface area contributed by atoms with Crippen LogP contribution in [0.5, 0.6) is 11.5 Å². The number of anilines is 2. The van der Waals surface area contributed by atoms with Crippen LogP contribution in [0.25, 0.3) is 0 Å². The third-order valence-electron chi connectivity index (χ3n) is 11.4. The van der Waals surface area contributed by atoms with Crippen molar-refractivity contribution in [2.24, 2.45) is 0 Å². The fourth-order valence-electron chi connectivity index (χ4n) is 7.91. The van der Waals surface area contributed by atoms with E-state index in [0.717, 1.165) is 10.5 Å². The summed E-state index contributed by atoms with van der Waals surface area (Å²) in [5.41, 5.74) is -5.41. The van der Waals surface area contributed by atoms with Gasteiger partial charge in [0.2, 0.25) is 11.8 Å². The van der Waals surface area contributed by atoms with E-state index in [9.17, 15) is 76.7 Å². The summed E-state index contributed by atoms with van der Waals surface area (Å²) >= 11 is 0. The first-order valence-corrected chi connectivity index (χ1v) is 24.2. The summed E-state index contributed by atoms with van der Waals surface area (Å²) < 4.78 is 179. The lowest BCUT2D eigenvalue weighted by atomic mass is 10.1. The number of carbonyl (C=O) groups is 5. The Morgan fingerprint density at radius 2 is 0.962 bits per heavy atom. The lowest BCUT2D eigenvalue weighted by Gasteiger charge is -2.29. The molecule has 6 rings (SSSR count). The summed E-state index contributed by atoms with van der Waals surface area (Å²) in [6.45, 7) is 9.21. The number of ether oxygens (including phenoxy) is 4. The van der Waals surface area contributed by atoms with Gasteiger partial charge in [-0.25, -0.2) is 4.79 Å². The number of benzene rings is 4. The van der Waals surface area contributed by atoms with E-state index in [1.165, 1.54) is 21.9 Å². The summed E-state index contributed by atoms with van der Waals surface area (Å²) in [6, 6.07) is 11.7. The number of carboxylic acid groups (broad SMARTS) is 1. The van der Waals surface area contributed by atoms with Crippen LogP contribution in [0, 0.1) is 0 Å². The van der Waals surface area contributed by atoms with Crippen molar-refractivity contribution in [3.8, 4) is 11.5 Å². The Labute approximate surface area is 445 Å². The number of carboxylic acids is 1. The van der Waals surface area contributed by atoms with Crippen LogP contribution >= 0.6 is 0 Å². The molecular weight excluding hydrogens is 1080 g/mol. The molecule has 4 aromatic carbocycles. The maximum atomic E-state index is 13.3. The molecule has 14 nitrogen and oxygen atoms in total. The number of carbonyl (C=O) groups excluding carboxylic acids is 4. The van der Waals surface area contributed by atoms with Crippen LogP contribution in [-0.2, 0) is 79.4 Å². The summed E-state index contributed by atoms with van der Waals surface area (Å²) in [6.07, 6.45) is -20.1. The van der Waals surface area contributed by atoms with E-state index >= 15 is 0 Å². The van der Waals surface area contributed by atoms with Gasteiger partial charge in [0.05, 0.1) is 41.6 Å². The van der Waals surface area contributed by atoms with E-state index in [2.05, 4.69) is 5.32 Å². The van der Waals surface area contributed by atoms with Crippen molar-refractivity contribution in [1.29, 1.82) is 0 Å². The predicted molar refractivity (Wildman–Crippen MR) is 260 cm³/mol. The minimum Gasteiger partial charge on any atom is -0.489 e. The first-order valence-electron chi connectivity index (χ1n) is 24.2. The summed E-state index contributed by atoms with van der Waals surface area (Å²) in [7, 11) is 0. The molecule has 2 aliphatic rings. The first kappa shape index (κ1) is 62.6. The van der Waals surface area contributed by atoms with Crippen LogP contribution < -0.4 is 24.6 Å². The zero-order chi connectivity index (χ0) is 59.1. The molecule has 0 saturated heterocycles. The zero-order valence-electron chi connectivity index (χ0n) is 43.4. The van der Waals surface area contributed by atoms with Gasteiger partial charge in [-0.2, -0.15) is 52.7 Å². The molecule has 26 heteroatoms. The Bertz CT molecular complexity index is 2790. The van der Waals surface area contributed by atoms with Gasteiger partial charge in [-0.1, -0.05) is 0 Å². The van der Waals surface area contributed by atoms with E-state index in [1.807, 2.05) is 0 Å². The van der Waals surface area contributed by atoms with Crippen LogP contribution in [0.1, 0.15) is 98.9 Å². The molecule has 79 heavy (non-hydrogen) atoms. The molecule has 0 unspecified atom stereocenters. The second-order valence-electron chi connectivity index (χ2n) is 20.1. The molecule has 0 bridgehead atoms. The molecule has 2 N–H and O–H groups in total. The third kappa shape index (κ3) is 19.0. The van der Waals surface area contributed by atoms with Gasteiger partial charge in [0.1, 0.15) is 42.5 Å². The van der Waals surface area contributed by atoms with Crippen molar-refractivity contribution >= 4 is 41.2 Å². The maximum absolute atomic E-state index is 13.3. The number of nitrogens with zero attached hydrogens (tertiary/aromatic N) is 3. The number of amides is 3. The molecule has 0 aromatic heterocycles. The van der Waals surface area contributed by atoms with Crippen molar-refractivity contribution in [1.82, 2.24) is 10.2 Å². The number of halogens is 12. The van der Waals surface area contributed by atoms with Crippen LogP contribution in [0.15, 0.2) is 72.8 Å². The number of hydrogen-bond donors (Lipinski definition) is 2. The third-order valence-corrected chi connectivity index (χ3v) is 11.4. The number of fused-ring (bicyclic) bond motifs is 2. The molecule has 3 amide bonds. The maximum Gasteiger partial charge on any atom is 0.416 e. The van der Waals surface area contributed by atoms with Crippen LogP contribution in [0.4, 0.5) is 68.9 Å². The molecule has 0 atom stereocenters. The summed E-state index contributed by atoms with van der Waals surface area (Å²) in [4.78, 5) is 65.4. The molecule has 0 saturated carbocycles.